The molecule has 0 unspecified atom stereocenters. The van der Waals surface area contributed by atoms with Crippen LogP contribution in [0.5, 0.6) is 0 Å². The molecule has 0 saturated heterocycles. The van der Waals surface area contributed by atoms with Crippen molar-refractivity contribution in [3.63, 3.8) is 0 Å². The van der Waals surface area contributed by atoms with E-state index in [1.807, 2.05) is 0 Å². The van der Waals surface area contributed by atoms with E-state index in [0.29, 0.717) is 0 Å². The quantitative estimate of drug-likeness (QED) is 0.822. The molecule has 86 valence electrons. The summed E-state index contributed by atoms with van der Waals surface area (Å²) in [5.41, 5.74) is 9.37. The van der Waals surface area contributed by atoms with Gasteiger partial charge in [-0.05, 0) is 43.7 Å². The van der Waals surface area contributed by atoms with Crippen LogP contribution in [-0.2, 0) is 6.42 Å². The third kappa shape index (κ3) is 1.71. The van der Waals surface area contributed by atoms with Gasteiger partial charge < -0.3 is 10.6 Å². The number of anilines is 1. The minimum absolute atomic E-state index is 0.102. The molecular weight excluding hydrogens is 196 g/mol. The molecule has 1 fully saturated rings. The minimum Gasteiger partial charge on any atom is -0.369 e. The molecule has 1 aromatic carbocycles. The molecule has 0 radical (unpaired) electrons. The second-order valence-electron chi connectivity index (χ2n) is 5.37. The Hall–Kier alpha value is -1.02. The zero-order valence-corrected chi connectivity index (χ0v) is 9.78. The maximum absolute atomic E-state index is 6.35. The van der Waals surface area contributed by atoms with Gasteiger partial charge in [-0.1, -0.05) is 18.2 Å². The molecule has 0 spiro atoms. The molecule has 2 heteroatoms. The van der Waals surface area contributed by atoms with Gasteiger partial charge >= 0.3 is 0 Å². The lowest BCUT2D eigenvalue weighted by Crippen LogP contribution is -2.55. The first-order valence-corrected chi connectivity index (χ1v) is 6.39. The molecule has 0 bridgehead atoms. The number of nitrogens with zero attached hydrogens (tertiary/aromatic N) is 1. The summed E-state index contributed by atoms with van der Waals surface area (Å²) in [6, 6.07) is 8.78. The Kier molecular flexibility index (Phi) is 2.40. The highest BCUT2D eigenvalue weighted by atomic mass is 15.2. The fraction of sp³-hybridized carbons (Fsp3) is 0.571. The molecule has 3 rings (SSSR count). The molecule has 1 aliphatic heterocycles. The molecular formula is C14H20N2. The van der Waals surface area contributed by atoms with Crippen LogP contribution in [0.25, 0.3) is 0 Å². The average molecular weight is 216 g/mol. The van der Waals surface area contributed by atoms with E-state index in [-0.39, 0.29) is 5.54 Å². The van der Waals surface area contributed by atoms with Crippen molar-refractivity contribution in [2.24, 2.45) is 5.73 Å². The van der Waals surface area contributed by atoms with Gasteiger partial charge in [0, 0.05) is 24.3 Å². The molecule has 0 aromatic heterocycles. The van der Waals surface area contributed by atoms with Crippen LogP contribution in [0, 0.1) is 0 Å². The molecule has 1 aliphatic carbocycles. The zero-order chi connectivity index (χ0) is 11.0. The number of rotatable bonds is 2. The van der Waals surface area contributed by atoms with Crippen molar-refractivity contribution in [2.75, 3.05) is 18.0 Å². The summed E-state index contributed by atoms with van der Waals surface area (Å²) in [4.78, 5) is 2.50. The Bertz CT molecular complexity index is 382. The molecule has 1 heterocycles. The number of aryl methyl sites for hydroxylation is 1. The van der Waals surface area contributed by atoms with Crippen molar-refractivity contribution in [3.05, 3.63) is 29.8 Å². The van der Waals surface area contributed by atoms with Crippen molar-refractivity contribution in [1.29, 1.82) is 0 Å². The van der Waals surface area contributed by atoms with E-state index < -0.39 is 0 Å². The van der Waals surface area contributed by atoms with E-state index in [1.54, 1.807) is 0 Å². The number of para-hydroxylation sites is 1. The minimum atomic E-state index is 0.102. The van der Waals surface area contributed by atoms with Gasteiger partial charge in [0.25, 0.3) is 0 Å². The largest absolute Gasteiger partial charge is 0.369 e. The first kappa shape index (κ1) is 10.2. The maximum atomic E-state index is 6.35. The van der Waals surface area contributed by atoms with Gasteiger partial charge in [-0.2, -0.15) is 0 Å². The molecule has 0 atom stereocenters. The van der Waals surface area contributed by atoms with Gasteiger partial charge in [-0.3, -0.25) is 0 Å². The van der Waals surface area contributed by atoms with Gasteiger partial charge in [0.15, 0.2) is 0 Å². The lowest BCUT2D eigenvalue weighted by atomic mass is 9.77. The number of hydrogen-bond donors (Lipinski definition) is 1. The van der Waals surface area contributed by atoms with Gasteiger partial charge in [0.1, 0.15) is 0 Å². The molecule has 1 saturated carbocycles. The SMILES string of the molecule is NC1(CN2CCCc3ccccc32)CCC1. The van der Waals surface area contributed by atoms with E-state index in [1.165, 1.54) is 49.9 Å². The summed E-state index contributed by atoms with van der Waals surface area (Å²) in [5.74, 6) is 0. The Morgan fingerprint density at radius 1 is 1.19 bits per heavy atom. The van der Waals surface area contributed by atoms with Crippen molar-refractivity contribution >= 4 is 5.69 Å². The average Bonchev–Trinajstić information content (AvgIpc) is 2.27. The summed E-state index contributed by atoms with van der Waals surface area (Å²) in [6.07, 6.45) is 6.21. The number of benzene rings is 1. The summed E-state index contributed by atoms with van der Waals surface area (Å²) in [7, 11) is 0. The van der Waals surface area contributed by atoms with E-state index >= 15 is 0 Å². The van der Waals surface area contributed by atoms with Crippen molar-refractivity contribution in [3.8, 4) is 0 Å². The Balaban J connectivity index is 1.81. The Morgan fingerprint density at radius 3 is 2.75 bits per heavy atom. The lowest BCUT2D eigenvalue weighted by molar-refractivity contribution is 0.251. The van der Waals surface area contributed by atoms with E-state index in [4.69, 9.17) is 5.73 Å². The summed E-state index contributed by atoms with van der Waals surface area (Å²) in [6.45, 7) is 2.22. The third-order valence-corrected chi connectivity index (χ3v) is 4.06. The normalized spacial score (nSPS) is 22.4. The van der Waals surface area contributed by atoms with E-state index in [9.17, 15) is 0 Å². The predicted molar refractivity (Wildman–Crippen MR) is 67.7 cm³/mol. The van der Waals surface area contributed by atoms with E-state index in [0.717, 1.165) is 6.54 Å². The third-order valence-electron chi connectivity index (χ3n) is 4.06. The Labute approximate surface area is 97.4 Å². The summed E-state index contributed by atoms with van der Waals surface area (Å²) < 4.78 is 0. The Morgan fingerprint density at radius 2 is 2.00 bits per heavy atom. The van der Waals surface area contributed by atoms with Crippen LogP contribution in [-0.4, -0.2) is 18.6 Å². The highest BCUT2D eigenvalue weighted by molar-refractivity contribution is 5.55. The van der Waals surface area contributed by atoms with Gasteiger partial charge in [-0.15, -0.1) is 0 Å². The van der Waals surface area contributed by atoms with E-state index in [2.05, 4.69) is 29.2 Å². The second-order valence-corrected chi connectivity index (χ2v) is 5.37. The fourth-order valence-corrected chi connectivity index (χ4v) is 2.94. The highest BCUT2D eigenvalue weighted by Crippen LogP contribution is 2.34. The first-order chi connectivity index (χ1) is 7.77. The molecule has 2 nitrogen and oxygen atoms in total. The zero-order valence-electron chi connectivity index (χ0n) is 9.78. The van der Waals surface area contributed by atoms with Crippen LogP contribution < -0.4 is 10.6 Å². The monoisotopic (exact) mass is 216 g/mol. The van der Waals surface area contributed by atoms with Crippen LogP contribution in [0.4, 0.5) is 5.69 Å². The molecule has 0 amide bonds. The van der Waals surface area contributed by atoms with Crippen molar-refractivity contribution in [1.82, 2.24) is 0 Å². The summed E-state index contributed by atoms with van der Waals surface area (Å²) >= 11 is 0. The number of nitrogens with two attached hydrogens (primary N) is 1. The fourth-order valence-electron chi connectivity index (χ4n) is 2.94. The molecule has 1 aromatic rings. The smallest absolute Gasteiger partial charge is 0.0399 e. The van der Waals surface area contributed by atoms with Crippen LogP contribution in [0.1, 0.15) is 31.2 Å². The van der Waals surface area contributed by atoms with Crippen molar-refractivity contribution in [2.45, 2.75) is 37.6 Å². The molecule has 2 aliphatic rings. The maximum Gasteiger partial charge on any atom is 0.0399 e. The number of fused-ring (bicyclic) bond motifs is 1. The van der Waals surface area contributed by atoms with Crippen LogP contribution in [0.3, 0.4) is 0 Å². The topological polar surface area (TPSA) is 29.3 Å². The second kappa shape index (κ2) is 3.77. The van der Waals surface area contributed by atoms with Crippen molar-refractivity contribution < 1.29 is 0 Å². The van der Waals surface area contributed by atoms with Gasteiger partial charge in [0.2, 0.25) is 0 Å². The lowest BCUT2D eigenvalue weighted by Gasteiger charge is -2.44. The predicted octanol–water partition coefficient (Wildman–Crippen LogP) is 2.32. The van der Waals surface area contributed by atoms with Crippen LogP contribution in [0.2, 0.25) is 0 Å². The first-order valence-electron chi connectivity index (χ1n) is 6.39. The molecule has 2 N–H and O–H groups in total. The number of hydrogen-bond acceptors (Lipinski definition) is 2. The standard InChI is InChI=1S/C14H20N2/c15-14(8-4-9-14)11-16-10-3-6-12-5-1-2-7-13(12)16/h1-2,5,7H,3-4,6,8-11,15H2. The summed E-state index contributed by atoms with van der Waals surface area (Å²) in [5, 5.41) is 0. The van der Waals surface area contributed by atoms with Crippen LogP contribution in [0.15, 0.2) is 24.3 Å². The highest BCUT2D eigenvalue weighted by Gasteiger charge is 2.35. The van der Waals surface area contributed by atoms with Gasteiger partial charge in [0.05, 0.1) is 0 Å². The van der Waals surface area contributed by atoms with Crippen LogP contribution >= 0.6 is 0 Å². The molecule has 16 heavy (non-hydrogen) atoms. The van der Waals surface area contributed by atoms with Gasteiger partial charge in [-0.25, -0.2) is 0 Å².